The van der Waals surface area contributed by atoms with E-state index in [0.717, 1.165) is 43.8 Å². The van der Waals surface area contributed by atoms with Gasteiger partial charge in [0.05, 0.1) is 6.04 Å². The fourth-order valence-corrected chi connectivity index (χ4v) is 4.79. The van der Waals surface area contributed by atoms with E-state index < -0.39 is 0 Å². The van der Waals surface area contributed by atoms with E-state index in [2.05, 4.69) is 51.7 Å². The number of benzene rings is 1. The number of nitrogens with one attached hydrogen (secondary N) is 2. The van der Waals surface area contributed by atoms with E-state index in [1.807, 2.05) is 7.05 Å². The first-order valence-electron chi connectivity index (χ1n) is 10.7. The van der Waals surface area contributed by atoms with Crippen molar-refractivity contribution in [3.8, 4) is 5.75 Å². The highest BCUT2D eigenvalue weighted by molar-refractivity contribution is 5.80. The summed E-state index contributed by atoms with van der Waals surface area (Å²) < 4.78 is 6.48. The predicted molar refractivity (Wildman–Crippen MR) is 110 cm³/mol. The maximum atomic E-state index is 6.48. The van der Waals surface area contributed by atoms with Crippen LogP contribution in [-0.2, 0) is 0 Å². The molecule has 0 aromatic heterocycles. The zero-order chi connectivity index (χ0) is 18.7. The van der Waals surface area contributed by atoms with Gasteiger partial charge < -0.3 is 15.4 Å². The van der Waals surface area contributed by atoms with Crippen LogP contribution in [0.15, 0.2) is 29.3 Å². The Balaban J connectivity index is 1.40. The number of hydrogen-bond acceptors (Lipinski definition) is 3. The lowest BCUT2D eigenvalue weighted by molar-refractivity contribution is 0.0396. The first-order valence-corrected chi connectivity index (χ1v) is 10.7. The van der Waals surface area contributed by atoms with Crippen molar-refractivity contribution in [2.75, 3.05) is 26.7 Å². The van der Waals surface area contributed by atoms with Crippen molar-refractivity contribution in [2.45, 2.75) is 69.6 Å². The summed E-state index contributed by atoms with van der Waals surface area (Å²) in [5.74, 6) is 1.95. The van der Waals surface area contributed by atoms with Gasteiger partial charge in [0.15, 0.2) is 5.96 Å². The lowest BCUT2D eigenvalue weighted by atomic mass is 9.86. The Morgan fingerprint density at radius 1 is 1.26 bits per heavy atom. The summed E-state index contributed by atoms with van der Waals surface area (Å²) in [6, 6.07) is 9.56. The quantitative estimate of drug-likeness (QED) is 0.595. The third-order valence-corrected chi connectivity index (χ3v) is 6.41. The van der Waals surface area contributed by atoms with Gasteiger partial charge in [-0.25, -0.2) is 0 Å². The van der Waals surface area contributed by atoms with Crippen LogP contribution in [0.5, 0.6) is 5.75 Å². The molecule has 0 bridgehead atoms. The van der Waals surface area contributed by atoms with Gasteiger partial charge in [-0.1, -0.05) is 25.1 Å². The van der Waals surface area contributed by atoms with Crippen molar-refractivity contribution >= 4 is 5.96 Å². The summed E-state index contributed by atoms with van der Waals surface area (Å²) in [4.78, 5) is 7.06. The topological polar surface area (TPSA) is 48.9 Å². The summed E-state index contributed by atoms with van der Waals surface area (Å²) in [5, 5.41) is 7.22. The number of likely N-dealkylation sites (N-methyl/N-ethyl adjacent to an activating group) is 1. The van der Waals surface area contributed by atoms with E-state index in [1.54, 1.807) is 0 Å². The van der Waals surface area contributed by atoms with Crippen LogP contribution >= 0.6 is 0 Å². The lowest BCUT2D eigenvalue weighted by Crippen LogP contribution is -2.47. The minimum Gasteiger partial charge on any atom is -0.487 e. The number of para-hydroxylation sites is 1. The zero-order valence-electron chi connectivity index (χ0n) is 16.8. The monoisotopic (exact) mass is 370 g/mol. The molecule has 0 radical (unpaired) electrons. The van der Waals surface area contributed by atoms with Crippen LogP contribution in [0.2, 0.25) is 0 Å². The van der Waals surface area contributed by atoms with Gasteiger partial charge in [-0.3, -0.25) is 9.89 Å². The van der Waals surface area contributed by atoms with E-state index >= 15 is 0 Å². The smallest absolute Gasteiger partial charge is 0.191 e. The molecule has 1 aromatic carbocycles. The molecule has 148 valence electrons. The third kappa shape index (κ3) is 4.23. The third-order valence-electron chi connectivity index (χ3n) is 6.41. The number of nitrogens with zero attached hydrogens (tertiary/aromatic N) is 2. The van der Waals surface area contributed by atoms with Gasteiger partial charge in [-0.15, -0.1) is 0 Å². The van der Waals surface area contributed by atoms with E-state index in [-0.39, 0.29) is 11.6 Å². The maximum absolute atomic E-state index is 6.48. The molecule has 1 spiro atoms. The van der Waals surface area contributed by atoms with E-state index in [1.165, 1.54) is 44.1 Å². The van der Waals surface area contributed by atoms with Gasteiger partial charge in [-0.05, 0) is 51.1 Å². The van der Waals surface area contributed by atoms with Gasteiger partial charge in [0.25, 0.3) is 0 Å². The van der Waals surface area contributed by atoms with Crippen LogP contribution in [0, 0.1) is 0 Å². The van der Waals surface area contributed by atoms with Crippen LogP contribution in [0.25, 0.3) is 0 Å². The Morgan fingerprint density at radius 2 is 2.04 bits per heavy atom. The summed E-state index contributed by atoms with van der Waals surface area (Å²) in [5.41, 5.74) is 1.27. The number of hydrogen-bond donors (Lipinski definition) is 2. The zero-order valence-corrected chi connectivity index (χ0v) is 16.8. The molecule has 1 heterocycles. The number of fused-ring (bicyclic) bond motifs is 1. The molecule has 2 saturated carbocycles. The fraction of sp³-hybridized carbons (Fsp3) is 0.682. The van der Waals surface area contributed by atoms with Crippen molar-refractivity contribution in [3.63, 3.8) is 0 Å². The molecule has 4 rings (SSSR count). The van der Waals surface area contributed by atoms with Crippen molar-refractivity contribution in [2.24, 2.45) is 4.99 Å². The van der Waals surface area contributed by atoms with Gasteiger partial charge in [-0.2, -0.15) is 0 Å². The van der Waals surface area contributed by atoms with E-state index in [9.17, 15) is 0 Å². The van der Waals surface area contributed by atoms with Crippen molar-refractivity contribution in [1.82, 2.24) is 15.5 Å². The van der Waals surface area contributed by atoms with Crippen LogP contribution in [0.3, 0.4) is 0 Å². The average Bonchev–Trinajstić information content (AvgIpc) is 3.44. The molecule has 2 N–H and O–H groups in total. The molecular weight excluding hydrogens is 336 g/mol. The Kier molecular flexibility index (Phi) is 5.58. The molecule has 0 amide bonds. The van der Waals surface area contributed by atoms with E-state index in [0.29, 0.717) is 0 Å². The molecule has 1 unspecified atom stereocenters. The number of ether oxygens (including phenoxy) is 1. The highest BCUT2D eigenvalue weighted by Crippen LogP contribution is 2.46. The molecule has 2 fully saturated rings. The summed E-state index contributed by atoms with van der Waals surface area (Å²) in [7, 11) is 1.87. The van der Waals surface area contributed by atoms with Gasteiger partial charge in [0, 0.05) is 38.2 Å². The second-order valence-electron chi connectivity index (χ2n) is 8.29. The standard InChI is InChI=1S/C22H34N4O/c1-3-26(17-10-11-17)15-14-24-21(23-2)25-19-16-22(12-6-7-13-22)27-20-9-5-4-8-18(19)20/h4-5,8-9,17,19H,3,6-7,10-16H2,1-2H3,(H2,23,24,25). The highest BCUT2D eigenvalue weighted by atomic mass is 16.5. The Hall–Kier alpha value is -1.75. The van der Waals surface area contributed by atoms with Crippen LogP contribution < -0.4 is 15.4 Å². The summed E-state index contributed by atoms with van der Waals surface area (Å²) >= 11 is 0. The number of rotatable bonds is 6. The molecule has 5 nitrogen and oxygen atoms in total. The first kappa shape index (κ1) is 18.6. The van der Waals surface area contributed by atoms with Crippen LogP contribution in [-0.4, -0.2) is 49.2 Å². The number of guanidine groups is 1. The SMILES string of the molecule is CCN(CCNC(=NC)NC1CC2(CCCC2)Oc2ccccc21)C1CC1. The molecule has 2 aliphatic carbocycles. The minimum atomic E-state index is 0.00978. The van der Waals surface area contributed by atoms with Gasteiger partial charge in [0.2, 0.25) is 0 Å². The lowest BCUT2D eigenvalue weighted by Gasteiger charge is -2.40. The molecule has 1 aliphatic heterocycles. The van der Waals surface area contributed by atoms with Crippen molar-refractivity contribution in [1.29, 1.82) is 0 Å². The van der Waals surface area contributed by atoms with Gasteiger partial charge >= 0.3 is 0 Å². The molecular formula is C22H34N4O. The first-order chi connectivity index (χ1) is 13.2. The maximum Gasteiger partial charge on any atom is 0.191 e. The molecule has 1 aromatic rings. The Bertz CT molecular complexity index is 664. The molecule has 3 aliphatic rings. The van der Waals surface area contributed by atoms with Crippen molar-refractivity contribution in [3.05, 3.63) is 29.8 Å². The minimum absolute atomic E-state index is 0.00978. The Morgan fingerprint density at radius 3 is 2.74 bits per heavy atom. The second kappa shape index (κ2) is 8.09. The number of aliphatic imine (C=N–C) groups is 1. The summed E-state index contributed by atoms with van der Waals surface area (Å²) in [6.07, 6.45) is 8.62. The fourth-order valence-electron chi connectivity index (χ4n) is 4.79. The second-order valence-corrected chi connectivity index (χ2v) is 8.29. The Labute approximate surface area is 163 Å². The van der Waals surface area contributed by atoms with Crippen LogP contribution in [0.1, 0.15) is 63.5 Å². The van der Waals surface area contributed by atoms with Gasteiger partial charge in [0.1, 0.15) is 11.4 Å². The average molecular weight is 371 g/mol. The molecule has 0 saturated heterocycles. The molecule has 27 heavy (non-hydrogen) atoms. The normalized spacial score (nSPS) is 24.0. The molecule has 5 heteroatoms. The van der Waals surface area contributed by atoms with Crippen LogP contribution in [0.4, 0.5) is 0 Å². The highest BCUT2D eigenvalue weighted by Gasteiger charge is 2.43. The summed E-state index contributed by atoms with van der Waals surface area (Å²) in [6.45, 7) is 5.40. The molecule has 1 atom stereocenters. The predicted octanol–water partition coefficient (Wildman–Crippen LogP) is 3.47. The van der Waals surface area contributed by atoms with Crippen molar-refractivity contribution < 1.29 is 4.74 Å². The van der Waals surface area contributed by atoms with E-state index in [4.69, 9.17) is 4.74 Å². The largest absolute Gasteiger partial charge is 0.487 e.